The van der Waals surface area contributed by atoms with Crippen LogP contribution in [0.4, 0.5) is 0 Å². The van der Waals surface area contributed by atoms with E-state index in [1.54, 1.807) is 10.9 Å². The first-order valence-corrected chi connectivity index (χ1v) is 9.10. The average Bonchev–Trinajstić information content (AvgIpc) is 3.26. The van der Waals surface area contributed by atoms with Gasteiger partial charge in [0, 0.05) is 30.3 Å². The molecule has 27 heavy (non-hydrogen) atoms. The van der Waals surface area contributed by atoms with Crippen LogP contribution in [0.15, 0.2) is 61.1 Å². The Morgan fingerprint density at radius 3 is 2.89 bits per heavy atom. The number of amides is 1. The molecule has 0 aliphatic carbocycles. The first-order chi connectivity index (χ1) is 13.2. The van der Waals surface area contributed by atoms with Gasteiger partial charge >= 0.3 is 0 Å². The van der Waals surface area contributed by atoms with Crippen molar-refractivity contribution in [1.82, 2.24) is 24.5 Å². The van der Waals surface area contributed by atoms with Gasteiger partial charge in [0.15, 0.2) is 0 Å². The molecule has 1 aliphatic rings. The number of aromatic nitrogens is 4. The van der Waals surface area contributed by atoms with Gasteiger partial charge in [-0.05, 0) is 24.3 Å². The minimum atomic E-state index is -0.129. The van der Waals surface area contributed by atoms with E-state index in [1.807, 2.05) is 54.9 Å². The van der Waals surface area contributed by atoms with Crippen LogP contribution >= 0.6 is 11.6 Å². The Balaban J connectivity index is 1.65. The van der Waals surface area contributed by atoms with Crippen molar-refractivity contribution >= 4 is 23.2 Å². The van der Waals surface area contributed by atoms with Crippen molar-refractivity contribution in [2.45, 2.75) is 18.9 Å². The Bertz CT molecular complexity index is 1160. The second-order valence-corrected chi connectivity index (χ2v) is 6.98. The molecule has 4 heterocycles. The normalized spacial score (nSPS) is 16.8. The monoisotopic (exact) mass is 377 g/mol. The maximum Gasteiger partial charge on any atom is 0.221 e. The zero-order chi connectivity index (χ0) is 18.4. The summed E-state index contributed by atoms with van der Waals surface area (Å²) in [5.74, 6) is -0.121. The molecule has 1 N–H and O–H groups in total. The molecule has 0 saturated carbocycles. The summed E-state index contributed by atoms with van der Waals surface area (Å²) in [4.78, 5) is 17.0. The predicted octanol–water partition coefficient (Wildman–Crippen LogP) is 3.33. The third-order valence-electron chi connectivity index (χ3n) is 4.92. The summed E-state index contributed by atoms with van der Waals surface area (Å²) in [6.45, 7) is 0.436. The topological polar surface area (TPSA) is 64.2 Å². The van der Waals surface area contributed by atoms with Crippen molar-refractivity contribution in [2.75, 3.05) is 0 Å². The van der Waals surface area contributed by atoms with Crippen LogP contribution in [0.5, 0.6) is 0 Å². The highest BCUT2D eigenvalue weighted by atomic mass is 35.5. The SMILES string of the molecule is O=C1CC(c2cnn(-c3ccccc3Cl)c2)c2c(nc3ccccn23)CN1. The predicted molar refractivity (Wildman–Crippen MR) is 102 cm³/mol. The molecule has 4 aromatic rings. The quantitative estimate of drug-likeness (QED) is 0.582. The van der Waals surface area contributed by atoms with E-state index in [1.165, 1.54) is 0 Å². The Labute approximate surface area is 160 Å². The molecule has 0 radical (unpaired) electrons. The van der Waals surface area contributed by atoms with E-state index in [0.29, 0.717) is 18.0 Å². The highest BCUT2D eigenvalue weighted by Crippen LogP contribution is 2.33. The molecule has 7 heteroatoms. The Morgan fingerprint density at radius 1 is 1.15 bits per heavy atom. The number of benzene rings is 1. The van der Waals surface area contributed by atoms with Crippen LogP contribution in [0.3, 0.4) is 0 Å². The lowest BCUT2D eigenvalue weighted by Crippen LogP contribution is -2.21. The van der Waals surface area contributed by atoms with Gasteiger partial charge in [0.25, 0.3) is 0 Å². The van der Waals surface area contributed by atoms with E-state index in [-0.39, 0.29) is 11.8 Å². The number of nitrogens with one attached hydrogen (secondary N) is 1. The lowest BCUT2D eigenvalue weighted by molar-refractivity contribution is -0.121. The number of para-hydroxylation sites is 1. The number of hydrogen-bond acceptors (Lipinski definition) is 3. The standard InChI is InChI=1S/C20H16ClN5O/c21-15-5-1-2-6-17(15)26-12-13(10-23-26)14-9-19(27)22-11-16-20(14)25-8-4-3-7-18(25)24-16/h1-8,10,12,14H,9,11H2,(H,22,27). The largest absolute Gasteiger partial charge is 0.350 e. The third kappa shape index (κ3) is 2.69. The number of rotatable bonds is 2. The molecular weight excluding hydrogens is 362 g/mol. The van der Waals surface area contributed by atoms with Gasteiger partial charge in [0.05, 0.1) is 34.8 Å². The van der Waals surface area contributed by atoms with Gasteiger partial charge in [-0.15, -0.1) is 0 Å². The van der Waals surface area contributed by atoms with Gasteiger partial charge in [0.1, 0.15) is 5.65 Å². The van der Waals surface area contributed by atoms with Crippen molar-refractivity contribution in [3.8, 4) is 5.69 Å². The fourth-order valence-corrected chi connectivity index (χ4v) is 3.88. The highest BCUT2D eigenvalue weighted by molar-refractivity contribution is 6.32. The molecule has 0 fully saturated rings. The van der Waals surface area contributed by atoms with Crippen molar-refractivity contribution < 1.29 is 4.79 Å². The molecule has 134 valence electrons. The van der Waals surface area contributed by atoms with E-state index in [9.17, 15) is 4.79 Å². The molecule has 6 nitrogen and oxygen atoms in total. The van der Waals surface area contributed by atoms with Crippen molar-refractivity contribution in [2.24, 2.45) is 0 Å². The molecule has 3 aromatic heterocycles. The summed E-state index contributed by atoms with van der Waals surface area (Å²) < 4.78 is 3.82. The number of fused-ring (bicyclic) bond motifs is 3. The van der Waals surface area contributed by atoms with Crippen molar-refractivity contribution in [1.29, 1.82) is 0 Å². The van der Waals surface area contributed by atoms with Crippen LogP contribution in [0.25, 0.3) is 11.3 Å². The van der Waals surface area contributed by atoms with Gasteiger partial charge in [0.2, 0.25) is 5.91 Å². The Hall–Kier alpha value is -3.12. The van der Waals surface area contributed by atoms with Crippen molar-refractivity contribution in [3.05, 3.63) is 83.0 Å². The highest BCUT2D eigenvalue weighted by Gasteiger charge is 2.29. The van der Waals surface area contributed by atoms with Gasteiger partial charge in [-0.2, -0.15) is 5.10 Å². The van der Waals surface area contributed by atoms with Crippen LogP contribution in [-0.4, -0.2) is 25.1 Å². The molecule has 1 unspecified atom stereocenters. The zero-order valence-electron chi connectivity index (χ0n) is 14.3. The number of halogens is 1. The van der Waals surface area contributed by atoms with Crippen LogP contribution in [0, 0.1) is 0 Å². The minimum absolute atomic E-state index is 0.00757. The molecule has 1 aliphatic heterocycles. The number of hydrogen-bond donors (Lipinski definition) is 1. The van der Waals surface area contributed by atoms with E-state index in [4.69, 9.17) is 16.6 Å². The number of carbonyl (C=O) groups excluding carboxylic acids is 1. The maximum absolute atomic E-state index is 12.3. The average molecular weight is 378 g/mol. The lowest BCUT2D eigenvalue weighted by Gasteiger charge is -2.13. The van der Waals surface area contributed by atoms with Crippen LogP contribution in [0.2, 0.25) is 5.02 Å². The fraction of sp³-hybridized carbons (Fsp3) is 0.150. The molecule has 1 aromatic carbocycles. The number of carbonyl (C=O) groups is 1. The third-order valence-corrected chi connectivity index (χ3v) is 5.24. The summed E-state index contributed by atoms with van der Waals surface area (Å²) in [6, 6.07) is 13.5. The Kier molecular flexibility index (Phi) is 3.72. The van der Waals surface area contributed by atoms with Gasteiger partial charge in [-0.1, -0.05) is 29.8 Å². The van der Waals surface area contributed by atoms with Gasteiger partial charge in [-0.25, -0.2) is 9.67 Å². The molecule has 1 atom stereocenters. The lowest BCUT2D eigenvalue weighted by atomic mass is 9.94. The molecular formula is C20H16ClN5O. The second-order valence-electron chi connectivity index (χ2n) is 6.58. The number of imidazole rings is 1. The second kappa shape index (κ2) is 6.25. The zero-order valence-corrected chi connectivity index (χ0v) is 15.1. The van der Waals surface area contributed by atoms with Gasteiger partial charge < -0.3 is 9.72 Å². The smallest absolute Gasteiger partial charge is 0.221 e. The van der Waals surface area contributed by atoms with Gasteiger partial charge in [-0.3, -0.25) is 4.79 Å². The minimum Gasteiger partial charge on any atom is -0.350 e. The summed E-state index contributed by atoms with van der Waals surface area (Å²) in [7, 11) is 0. The molecule has 0 bridgehead atoms. The van der Waals surface area contributed by atoms with E-state index >= 15 is 0 Å². The number of nitrogens with zero attached hydrogens (tertiary/aromatic N) is 4. The van der Waals surface area contributed by atoms with Crippen LogP contribution < -0.4 is 5.32 Å². The Morgan fingerprint density at radius 2 is 2.00 bits per heavy atom. The van der Waals surface area contributed by atoms with E-state index < -0.39 is 0 Å². The summed E-state index contributed by atoms with van der Waals surface area (Å²) in [5.41, 5.74) is 4.56. The maximum atomic E-state index is 12.3. The molecule has 0 spiro atoms. The first-order valence-electron chi connectivity index (χ1n) is 8.73. The fourth-order valence-electron chi connectivity index (χ4n) is 3.66. The van der Waals surface area contributed by atoms with Crippen molar-refractivity contribution in [3.63, 3.8) is 0 Å². The molecule has 1 amide bonds. The molecule has 0 saturated heterocycles. The first kappa shape index (κ1) is 16.1. The summed E-state index contributed by atoms with van der Waals surface area (Å²) in [5, 5.41) is 8.06. The van der Waals surface area contributed by atoms with E-state index in [2.05, 4.69) is 14.8 Å². The number of pyridine rings is 1. The van der Waals surface area contributed by atoms with Crippen LogP contribution in [0.1, 0.15) is 29.3 Å². The molecule has 5 rings (SSSR count). The van der Waals surface area contributed by atoms with E-state index in [0.717, 1.165) is 28.3 Å². The summed E-state index contributed by atoms with van der Waals surface area (Å²) >= 11 is 6.31. The van der Waals surface area contributed by atoms with Crippen LogP contribution in [-0.2, 0) is 11.3 Å². The summed E-state index contributed by atoms with van der Waals surface area (Å²) in [6.07, 6.45) is 6.08.